The molecule has 0 aromatic heterocycles. The third kappa shape index (κ3) is 2.97. The first-order valence-electron chi connectivity index (χ1n) is 5.26. The van der Waals surface area contributed by atoms with Crippen LogP contribution in [0.5, 0.6) is 5.75 Å². The van der Waals surface area contributed by atoms with Crippen LogP contribution in [-0.4, -0.2) is 26.6 Å². The zero-order valence-electron chi connectivity index (χ0n) is 9.69. The van der Waals surface area contributed by atoms with E-state index in [1.54, 1.807) is 14.2 Å². The Kier molecular flexibility index (Phi) is 4.79. The molecule has 88 valence electrons. The average Bonchev–Trinajstić information content (AvgIpc) is 2.35. The van der Waals surface area contributed by atoms with Crippen molar-refractivity contribution >= 4 is 5.91 Å². The van der Waals surface area contributed by atoms with Crippen molar-refractivity contribution < 1.29 is 9.53 Å². The van der Waals surface area contributed by atoms with Crippen molar-refractivity contribution in [1.82, 2.24) is 5.32 Å². The number of nitrogens with two attached hydrogens (primary N) is 1. The molecule has 0 aliphatic rings. The van der Waals surface area contributed by atoms with Crippen molar-refractivity contribution in [1.29, 1.82) is 0 Å². The SMILES string of the molecule is CNC(=O)C(CN)Cc1ccccc1OC. The number of ether oxygens (including phenoxy) is 1. The molecule has 4 heteroatoms. The highest BCUT2D eigenvalue weighted by molar-refractivity contribution is 5.79. The third-order valence-electron chi connectivity index (χ3n) is 2.56. The lowest BCUT2D eigenvalue weighted by molar-refractivity contribution is -0.124. The van der Waals surface area contributed by atoms with E-state index < -0.39 is 0 Å². The number of methoxy groups -OCH3 is 1. The second-order valence-corrected chi connectivity index (χ2v) is 3.56. The predicted octanol–water partition coefficient (Wildman–Crippen LogP) is 0.559. The van der Waals surface area contributed by atoms with Crippen molar-refractivity contribution in [2.24, 2.45) is 11.7 Å². The smallest absolute Gasteiger partial charge is 0.224 e. The van der Waals surface area contributed by atoms with E-state index in [0.717, 1.165) is 11.3 Å². The Bertz CT molecular complexity index is 353. The molecule has 1 aromatic carbocycles. The van der Waals surface area contributed by atoms with E-state index in [1.807, 2.05) is 24.3 Å². The lowest BCUT2D eigenvalue weighted by atomic mass is 9.98. The van der Waals surface area contributed by atoms with Gasteiger partial charge in [-0.15, -0.1) is 0 Å². The van der Waals surface area contributed by atoms with Gasteiger partial charge in [-0.25, -0.2) is 0 Å². The molecule has 0 radical (unpaired) electrons. The van der Waals surface area contributed by atoms with Crippen LogP contribution in [-0.2, 0) is 11.2 Å². The van der Waals surface area contributed by atoms with Gasteiger partial charge in [0.15, 0.2) is 0 Å². The van der Waals surface area contributed by atoms with Gasteiger partial charge in [0.2, 0.25) is 5.91 Å². The van der Waals surface area contributed by atoms with Gasteiger partial charge in [-0.2, -0.15) is 0 Å². The highest BCUT2D eigenvalue weighted by Crippen LogP contribution is 2.20. The van der Waals surface area contributed by atoms with Gasteiger partial charge in [0.25, 0.3) is 0 Å². The van der Waals surface area contributed by atoms with Crippen LogP contribution in [0, 0.1) is 5.92 Å². The van der Waals surface area contributed by atoms with E-state index in [1.165, 1.54) is 0 Å². The Balaban J connectivity index is 2.81. The van der Waals surface area contributed by atoms with E-state index >= 15 is 0 Å². The van der Waals surface area contributed by atoms with Crippen molar-refractivity contribution in [2.45, 2.75) is 6.42 Å². The molecule has 0 spiro atoms. The van der Waals surface area contributed by atoms with E-state index in [-0.39, 0.29) is 11.8 Å². The summed E-state index contributed by atoms with van der Waals surface area (Å²) in [7, 11) is 3.24. The number of benzene rings is 1. The molecule has 16 heavy (non-hydrogen) atoms. The number of hydrogen-bond donors (Lipinski definition) is 2. The molecule has 0 saturated carbocycles. The number of carbonyl (C=O) groups excluding carboxylic acids is 1. The summed E-state index contributed by atoms with van der Waals surface area (Å²) in [6.07, 6.45) is 0.597. The summed E-state index contributed by atoms with van der Waals surface area (Å²) in [6.45, 7) is 0.331. The topological polar surface area (TPSA) is 64.4 Å². The van der Waals surface area contributed by atoms with Gasteiger partial charge in [0, 0.05) is 13.6 Å². The molecule has 0 fully saturated rings. The Hall–Kier alpha value is -1.55. The Labute approximate surface area is 95.8 Å². The van der Waals surface area contributed by atoms with Crippen LogP contribution in [0.3, 0.4) is 0 Å². The number of amides is 1. The normalized spacial score (nSPS) is 11.9. The molecule has 0 aliphatic heterocycles. The molecular weight excluding hydrogens is 204 g/mol. The minimum absolute atomic E-state index is 0.0339. The van der Waals surface area contributed by atoms with Gasteiger partial charge in [-0.1, -0.05) is 18.2 Å². The molecule has 1 atom stereocenters. The van der Waals surface area contributed by atoms with Gasteiger partial charge in [-0.3, -0.25) is 4.79 Å². The van der Waals surface area contributed by atoms with E-state index in [4.69, 9.17) is 10.5 Å². The molecule has 0 heterocycles. The number of hydrogen-bond acceptors (Lipinski definition) is 3. The molecule has 0 bridgehead atoms. The highest BCUT2D eigenvalue weighted by atomic mass is 16.5. The summed E-state index contributed by atoms with van der Waals surface area (Å²) in [5.74, 6) is 0.555. The predicted molar refractivity (Wildman–Crippen MR) is 63.3 cm³/mol. The fourth-order valence-electron chi connectivity index (χ4n) is 1.62. The number of carbonyl (C=O) groups is 1. The van der Waals surface area contributed by atoms with Crippen LogP contribution < -0.4 is 15.8 Å². The van der Waals surface area contributed by atoms with Gasteiger partial charge in [-0.05, 0) is 18.1 Å². The fourth-order valence-corrected chi connectivity index (χ4v) is 1.62. The molecule has 1 amide bonds. The minimum atomic E-state index is -0.207. The number of nitrogens with one attached hydrogen (secondary N) is 1. The minimum Gasteiger partial charge on any atom is -0.496 e. The second kappa shape index (κ2) is 6.12. The van der Waals surface area contributed by atoms with Gasteiger partial charge in [0.1, 0.15) is 5.75 Å². The van der Waals surface area contributed by atoms with Crippen LogP contribution >= 0.6 is 0 Å². The van der Waals surface area contributed by atoms with Crippen LogP contribution in [0.1, 0.15) is 5.56 Å². The monoisotopic (exact) mass is 222 g/mol. The van der Waals surface area contributed by atoms with Crippen LogP contribution in [0.4, 0.5) is 0 Å². The van der Waals surface area contributed by atoms with E-state index in [9.17, 15) is 4.79 Å². The molecule has 4 nitrogen and oxygen atoms in total. The molecule has 0 saturated heterocycles. The van der Waals surface area contributed by atoms with Gasteiger partial charge >= 0.3 is 0 Å². The summed E-state index contributed by atoms with van der Waals surface area (Å²) in [6, 6.07) is 7.66. The fraction of sp³-hybridized carbons (Fsp3) is 0.417. The highest BCUT2D eigenvalue weighted by Gasteiger charge is 2.17. The zero-order chi connectivity index (χ0) is 12.0. The molecule has 1 unspecified atom stereocenters. The zero-order valence-corrected chi connectivity index (χ0v) is 9.69. The van der Waals surface area contributed by atoms with Gasteiger partial charge in [0.05, 0.1) is 13.0 Å². The maximum absolute atomic E-state index is 11.5. The van der Waals surface area contributed by atoms with Crippen molar-refractivity contribution in [3.05, 3.63) is 29.8 Å². The Morgan fingerprint density at radius 1 is 1.50 bits per heavy atom. The summed E-state index contributed by atoms with van der Waals surface area (Å²) in [5.41, 5.74) is 6.59. The Morgan fingerprint density at radius 2 is 2.19 bits per heavy atom. The summed E-state index contributed by atoms with van der Waals surface area (Å²) < 4.78 is 5.23. The summed E-state index contributed by atoms with van der Waals surface area (Å²) in [4.78, 5) is 11.5. The van der Waals surface area contributed by atoms with Crippen molar-refractivity contribution in [2.75, 3.05) is 20.7 Å². The molecule has 1 aromatic rings. The largest absolute Gasteiger partial charge is 0.496 e. The van der Waals surface area contributed by atoms with Crippen LogP contribution in [0.25, 0.3) is 0 Å². The molecule has 1 rings (SSSR count). The lowest BCUT2D eigenvalue weighted by Crippen LogP contribution is -2.34. The quantitative estimate of drug-likeness (QED) is 0.765. The number of rotatable bonds is 5. The second-order valence-electron chi connectivity index (χ2n) is 3.56. The van der Waals surface area contributed by atoms with E-state index in [2.05, 4.69) is 5.32 Å². The standard InChI is InChI=1S/C12H18N2O2/c1-14-12(15)10(8-13)7-9-5-3-4-6-11(9)16-2/h3-6,10H,7-8,13H2,1-2H3,(H,14,15). The number of para-hydroxylation sites is 1. The summed E-state index contributed by atoms with van der Waals surface area (Å²) in [5, 5.41) is 2.61. The first-order valence-corrected chi connectivity index (χ1v) is 5.26. The first kappa shape index (κ1) is 12.5. The van der Waals surface area contributed by atoms with Crippen molar-refractivity contribution in [3.63, 3.8) is 0 Å². The van der Waals surface area contributed by atoms with Gasteiger partial charge < -0.3 is 15.8 Å². The van der Waals surface area contributed by atoms with E-state index in [0.29, 0.717) is 13.0 Å². The van der Waals surface area contributed by atoms with Crippen LogP contribution in [0.2, 0.25) is 0 Å². The molecule has 0 aliphatic carbocycles. The molecule has 3 N–H and O–H groups in total. The first-order chi connectivity index (χ1) is 7.72. The average molecular weight is 222 g/mol. The maximum Gasteiger partial charge on any atom is 0.224 e. The summed E-state index contributed by atoms with van der Waals surface area (Å²) >= 11 is 0. The Morgan fingerprint density at radius 3 is 2.75 bits per heavy atom. The van der Waals surface area contributed by atoms with Crippen LogP contribution in [0.15, 0.2) is 24.3 Å². The third-order valence-corrected chi connectivity index (χ3v) is 2.56. The lowest BCUT2D eigenvalue weighted by Gasteiger charge is -2.15. The van der Waals surface area contributed by atoms with Crippen molar-refractivity contribution in [3.8, 4) is 5.75 Å². The maximum atomic E-state index is 11.5. The molecular formula is C12H18N2O2.